The van der Waals surface area contributed by atoms with Crippen LogP contribution in [-0.2, 0) is 4.79 Å². The molecule has 1 rings (SSSR count). The number of amides is 1. The van der Waals surface area contributed by atoms with Gasteiger partial charge in [0.15, 0.2) is 0 Å². The summed E-state index contributed by atoms with van der Waals surface area (Å²) in [6.45, 7) is 5.32. The number of nitrogens with two attached hydrogens (primary N) is 1. The zero-order chi connectivity index (χ0) is 15.0. The molecule has 0 bridgehead atoms. The monoisotopic (exact) mass is 314 g/mol. The van der Waals surface area contributed by atoms with Crippen LogP contribution in [0, 0.1) is 6.92 Å². The van der Waals surface area contributed by atoms with Crippen LogP contribution >= 0.6 is 12.4 Å². The Hall–Kier alpha value is -1.26. The van der Waals surface area contributed by atoms with Crippen molar-refractivity contribution in [1.29, 1.82) is 0 Å². The molecule has 0 saturated heterocycles. The molecule has 0 aliphatic heterocycles. The van der Waals surface area contributed by atoms with E-state index in [0.29, 0.717) is 13.2 Å². The van der Waals surface area contributed by atoms with Crippen LogP contribution in [0.25, 0.3) is 0 Å². The molecule has 0 saturated carbocycles. The molecule has 0 radical (unpaired) electrons. The summed E-state index contributed by atoms with van der Waals surface area (Å²) in [4.78, 5) is 13.6. The number of likely N-dealkylation sites (N-methyl/N-ethyl adjacent to an activating group) is 1. The topological polar surface area (TPSA) is 55.6 Å². The van der Waals surface area contributed by atoms with Crippen molar-refractivity contribution in [2.24, 2.45) is 5.73 Å². The van der Waals surface area contributed by atoms with Crippen LogP contribution < -0.4 is 10.5 Å². The van der Waals surface area contributed by atoms with Gasteiger partial charge in [-0.25, -0.2) is 0 Å². The lowest BCUT2D eigenvalue weighted by Crippen LogP contribution is -2.42. The van der Waals surface area contributed by atoms with Crippen molar-refractivity contribution in [3.8, 4) is 5.75 Å². The largest absolute Gasteiger partial charge is 0.493 e. The molecule has 5 heteroatoms. The first-order valence-electron chi connectivity index (χ1n) is 7.25. The lowest BCUT2D eigenvalue weighted by Gasteiger charge is -2.21. The molecule has 1 amide bonds. The lowest BCUT2D eigenvalue weighted by atomic mass is 10.1. The summed E-state index contributed by atoms with van der Waals surface area (Å²) < 4.78 is 5.71. The zero-order valence-corrected chi connectivity index (χ0v) is 14.0. The van der Waals surface area contributed by atoms with Crippen LogP contribution in [0.3, 0.4) is 0 Å². The molecular formula is C16H27ClN2O2. The van der Waals surface area contributed by atoms with Gasteiger partial charge in [0.25, 0.3) is 0 Å². The van der Waals surface area contributed by atoms with E-state index in [1.165, 1.54) is 0 Å². The van der Waals surface area contributed by atoms with Crippen LogP contribution in [0.4, 0.5) is 0 Å². The molecule has 1 aromatic rings. The first-order chi connectivity index (χ1) is 9.56. The quantitative estimate of drug-likeness (QED) is 0.751. The number of benzene rings is 1. The molecule has 0 fully saturated rings. The molecule has 0 heterocycles. The molecule has 1 atom stereocenters. The number of carbonyl (C=O) groups is 1. The van der Waals surface area contributed by atoms with E-state index < -0.39 is 0 Å². The number of aryl methyl sites for hydroxylation is 1. The predicted octanol–water partition coefficient (Wildman–Crippen LogP) is 2.77. The Morgan fingerprint density at radius 3 is 2.67 bits per heavy atom. The third-order valence-electron chi connectivity index (χ3n) is 3.28. The maximum absolute atomic E-state index is 11.9. The minimum atomic E-state index is -0.373. The van der Waals surface area contributed by atoms with Crippen LogP contribution in [0.2, 0.25) is 0 Å². The summed E-state index contributed by atoms with van der Waals surface area (Å²) in [6, 6.07) is 7.56. The van der Waals surface area contributed by atoms with Crippen molar-refractivity contribution in [3.05, 3.63) is 29.8 Å². The number of nitrogens with zero attached hydrogens (tertiary/aromatic N) is 1. The fraction of sp³-hybridized carbons (Fsp3) is 0.562. The summed E-state index contributed by atoms with van der Waals surface area (Å²) in [5.41, 5.74) is 6.95. The fourth-order valence-electron chi connectivity index (χ4n) is 2.03. The Bertz CT molecular complexity index is 426. The normalized spacial score (nSPS) is 11.4. The zero-order valence-electron chi connectivity index (χ0n) is 13.2. The van der Waals surface area contributed by atoms with Crippen molar-refractivity contribution in [2.45, 2.75) is 39.2 Å². The van der Waals surface area contributed by atoms with Crippen LogP contribution in [0.5, 0.6) is 5.75 Å². The summed E-state index contributed by atoms with van der Waals surface area (Å²) >= 11 is 0. The molecular weight excluding hydrogens is 288 g/mol. The van der Waals surface area contributed by atoms with E-state index in [0.717, 1.165) is 30.6 Å². The number of ether oxygens (including phenoxy) is 1. The van der Waals surface area contributed by atoms with E-state index in [9.17, 15) is 4.79 Å². The molecule has 21 heavy (non-hydrogen) atoms. The van der Waals surface area contributed by atoms with Gasteiger partial charge >= 0.3 is 0 Å². The Balaban J connectivity index is 0.00000400. The highest BCUT2D eigenvalue weighted by Gasteiger charge is 2.16. The summed E-state index contributed by atoms with van der Waals surface area (Å²) in [5.74, 6) is 0.923. The molecule has 120 valence electrons. The maximum atomic E-state index is 11.9. The average molecular weight is 315 g/mol. The minimum Gasteiger partial charge on any atom is -0.493 e. The van der Waals surface area contributed by atoms with Crippen molar-refractivity contribution in [1.82, 2.24) is 4.90 Å². The summed E-state index contributed by atoms with van der Waals surface area (Å²) in [7, 11) is 1.80. The molecule has 0 spiro atoms. The van der Waals surface area contributed by atoms with Gasteiger partial charge in [-0.2, -0.15) is 0 Å². The predicted molar refractivity (Wildman–Crippen MR) is 89.1 cm³/mol. The standard InChI is InChI=1S/C16H26N2O2.ClH/c1-4-8-14(17)16(19)18(3)11-7-12-20-15-10-6-5-9-13(15)2;/h5-6,9-10,14H,4,7-8,11-12,17H2,1-3H3;1H. The van der Waals surface area contributed by atoms with Gasteiger partial charge in [0, 0.05) is 13.6 Å². The number of rotatable bonds is 8. The van der Waals surface area contributed by atoms with Crippen molar-refractivity contribution >= 4 is 18.3 Å². The highest BCUT2D eigenvalue weighted by molar-refractivity contribution is 5.85. The molecule has 0 aliphatic carbocycles. The van der Waals surface area contributed by atoms with Gasteiger partial charge in [-0.3, -0.25) is 4.79 Å². The fourth-order valence-corrected chi connectivity index (χ4v) is 2.03. The highest BCUT2D eigenvalue weighted by atomic mass is 35.5. The molecule has 0 aromatic heterocycles. The van der Waals surface area contributed by atoms with Gasteiger partial charge in [-0.1, -0.05) is 31.5 Å². The molecule has 2 N–H and O–H groups in total. The number of carbonyl (C=O) groups excluding carboxylic acids is 1. The number of halogens is 1. The Morgan fingerprint density at radius 2 is 2.05 bits per heavy atom. The molecule has 0 aliphatic rings. The number of hydrogen-bond acceptors (Lipinski definition) is 3. The van der Waals surface area contributed by atoms with Gasteiger partial charge < -0.3 is 15.4 Å². The van der Waals surface area contributed by atoms with E-state index >= 15 is 0 Å². The Kier molecular flexibility index (Phi) is 9.84. The average Bonchev–Trinajstić information content (AvgIpc) is 2.44. The second-order valence-electron chi connectivity index (χ2n) is 5.12. The van der Waals surface area contributed by atoms with Crippen molar-refractivity contribution < 1.29 is 9.53 Å². The lowest BCUT2D eigenvalue weighted by molar-refractivity contribution is -0.131. The highest BCUT2D eigenvalue weighted by Crippen LogP contribution is 2.16. The second-order valence-corrected chi connectivity index (χ2v) is 5.12. The third-order valence-corrected chi connectivity index (χ3v) is 3.28. The second kappa shape index (κ2) is 10.5. The van der Waals surface area contributed by atoms with Gasteiger partial charge in [0.1, 0.15) is 5.75 Å². The third kappa shape index (κ3) is 6.82. The van der Waals surface area contributed by atoms with Gasteiger partial charge in [-0.05, 0) is 31.4 Å². The SMILES string of the molecule is CCCC(N)C(=O)N(C)CCCOc1ccccc1C.Cl. The van der Waals surface area contributed by atoms with Crippen LogP contribution in [0.15, 0.2) is 24.3 Å². The van der Waals surface area contributed by atoms with E-state index in [-0.39, 0.29) is 24.4 Å². The van der Waals surface area contributed by atoms with E-state index in [2.05, 4.69) is 0 Å². The van der Waals surface area contributed by atoms with Gasteiger partial charge in [0.05, 0.1) is 12.6 Å². The van der Waals surface area contributed by atoms with Crippen molar-refractivity contribution in [2.75, 3.05) is 20.2 Å². The van der Waals surface area contributed by atoms with Crippen molar-refractivity contribution in [3.63, 3.8) is 0 Å². The number of hydrogen-bond donors (Lipinski definition) is 1. The summed E-state index contributed by atoms with van der Waals surface area (Å²) in [5, 5.41) is 0. The molecule has 1 aromatic carbocycles. The van der Waals surface area contributed by atoms with Crippen LogP contribution in [0.1, 0.15) is 31.7 Å². The summed E-state index contributed by atoms with van der Waals surface area (Å²) in [6.07, 6.45) is 2.47. The van der Waals surface area contributed by atoms with Crippen LogP contribution in [-0.4, -0.2) is 37.0 Å². The molecule has 4 nitrogen and oxygen atoms in total. The Morgan fingerprint density at radius 1 is 1.38 bits per heavy atom. The number of para-hydroxylation sites is 1. The van der Waals surface area contributed by atoms with Gasteiger partial charge in [-0.15, -0.1) is 12.4 Å². The van der Waals surface area contributed by atoms with E-state index in [4.69, 9.17) is 10.5 Å². The Labute approximate surface area is 134 Å². The van der Waals surface area contributed by atoms with E-state index in [1.807, 2.05) is 38.1 Å². The first-order valence-corrected chi connectivity index (χ1v) is 7.25. The minimum absolute atomic E-state index is 0. The smallest absolute Gasteiger partial charge is 0.239 e. The first kappa shape index (κ1) is 19.7. The van der Waals surface area contributed by atoms with Gasteiger partial charge in [0.2, 0.25) is 5.91 Å². The van der Waals surface area contributed by atoms with E-state index in [1.54, 1.807) is 11.9 Å². The molecule has 1 unspecified atom stereocenters. The maximum Gasteiger partial charge on any atom is 0.239 e.